The summed E-state index contributed by atoms with van der Waals surface area (Å²) in [6.45, 7) is 3.62. The van der Waals surface area contributed by atoms with E-state index in [0.717, 1.165) is 25.8 Å². The third-order valence-electron chi connectivity index (χ3n) is 3.56. The van der Waals surface area contributed by atoms with E-state index in [0.29, 0.717) is 12.5 Å². The number of rotatable bonds is 2. The van der Waals surface area contributed by atoms with Crippen LogP contribution in [0.2, 0.25) is 0 Å². The first kappa shape index (κ1) is 10.9. The Balaban J connectivity index is 2.00. The maximum absolute atomic E-state index is 12.1. The Morgan fingerprint density at radius 1 is 1.53 bits per heavy atom. The zero-order chi connectivity index (χ0) is 10.8. The summed E-state index contributed by atoms with van der Waals surface area (Å²) >= 11 is 0. The van der Waals surface area contributed by atoms with Crippen molar-refractivity contribution in [2.45, 2.75) is 38.3 Å². The zero-order valence-electron chi connectivity index (χ0n) is 9.19. The van der Waals surface area contributed by atoms with E-state index in [1.165, 1.54) is 0 Å². The van der Waals surface area contributed by atoms with Gasteiger partial charge in [0.2, 0.25) is 0 Å². The molecule has 0 aromatic carbocycles. The van der Waals surface area contributed by atoms with E-state index in [9.17, 15) is 9.90 Å². The van der Waals surface area contributed by atoms with Crippen LogP contribution in [0.1, 0.15) is 26.2 Å². The van der Waals surface area contributed by atoms with E-state index in [2.05, 4.69) is 6.92 Å². The van der Waals surface area contributed by atoms with Crippen molar-refractivity contribution in [3.8, 4) is 0 Å². The van der Waals surface area contributed by atoms with E-state index < -0.39 is 0 Å². The normalized spacial score (nSPS) is 36.1. The monoisotopic (exact) mass is 213 g/mol. The average Bonchev–Trinajstić information content (AvgIpc) is 2.85. The maximum Gasteiger partial charge on any atom is 0.252 e. The van der Waals surface area contributed by atoms with Gasteiger partial charge in [0.25, 0.3) is 5.91 Å². The molecule has 2 heterocycles. The van der Waals surface area contributed by atoms with Gasteiger partial charge < -0.3 is 14.7 Å². The molecule has 0 aromatic heterocycles. The second-order valence-electron chi connectivity index (χ2n) is 4.55. The van der Waals surface area contributed by atoms with Crippen LogP contribution in [0.15, 0.2) is 0 Å². The standard InChI is InChI=1S/C11H19NO3/c1-8-4-5-12(9(8)7-13)11(14)10-3-2-6-15-10/h8-10,13H,2-7H2,1H3/t8?,9?,10-/m1/s1. The minimum Gasteiger partial charge on any atom is -0.394 e. The number of amides is 1. The maximum atomic E-state index is 12.1. The lowest BCUT2D eigenvalue weighted by atomic mass is 10.0. The molecular formula is C11H19NO3. The first-order valence-corrected chi connectivity index (χ1v) is 5.77. The third-order valence-corrected chi connectivity index (χ3v) is 3.56. The number of carbonyl (C=O) groups is 1. The van der Waals surface area contributed by atoms with Crippen molar-refractivity contribution in [2.24, 2.45) is 5.92 Å². The molecule has 0 aliphatic carbocycles. The van der Waals surface area contributed by atoms with E-state index >= 15 is 0 Å². The molecule has 2 unspecified atom stereocenters. The lowest BCUT2D eigenvalue weighted by Gasteiger charge is -2.27. The second-order valence-corrected chi connectivity index (χ2v) is 4.55. The highest BCUT2D eigenvalue weighted by atomic mass is 16.5. The Morgan fingerprint density at radius 2 is 2.33 bits per heavy atom. The van der Waals surface area contributed by atoms with E-state index in [1.54, 1.807) is 4.90 Å². The van der Waals surface area contributed by atoms with Crippen molar-refractivity contribution in [1.29, 1.82) is 0 Å². The van der Waals surface area contributed by atoms with Crippen molar-refractivity contribution in [1.82, 2.24) is 4.90 Å². The van der Waals surface area contributed by atoms with Crippen LogP contribution in [-0.2, 0) is 9.53 Å². The molecule has 15 heavy (non-hydrogen) atoms. The van der Waals surface area contributed by atoms with Gasteiger partial charge in [-0.25, -0.2) is 0 Å². The molecule has 4 heteroatoms. The van der Waals surface area contributed by atoms with Gasteiger partial charge in [-0.2, -0.15) is 0 Å². The lowest BCUT2D eigenvalue weighted by molar-refractivity contribution is -0.142. The largest absolute Gasteiger partial charge is 0.394 e. The minimum absolute atomic E-state index is 0.00157. The highest BCUT2D eigenvalue weighted by Crippen LogP contribution is 2.26. The fourth-order valence-corrected chi connectivity index (χ4v) is 2.52. The van der Waals surface area contributed by atoms with Crippen LogP contribution < -0.4 is 0 Å². The summed E-state index contributed by atoms with van der Waals surface area (Å²) < 4.78 is 5.38. The number of nitrogens with zero attached hydrogens (tertiary/aromatic N) is 1. The lowest BCUT2D eigenvalue weighted by Crippen LogP contribution is -2.44. The summed E-state index contributed by atoms with van der Waals surface area (Å²) in [6.07, 6.45) is 2.55. The first-order valence-electron chi connectivity index (χ1n) is 5.77. The fraction of sp³-hybridized carbons (Fsp3) is 0.909. The second kappa shape index (κ2) is 4.49. The topological polar surface area (TPSA) is 49.8 Å². The van der Waals surface area contributed by atoms with E-state index in [-0.39, 0.29) is 24.7 Å². The van der Waals surface area contributed by atoms with Crippen LogP contribution in [0.4, 0.5) is 0 Å². The molecule has 0 aromatic rings. The van der Waals surface area contributed by atoms with Gasteiger partial charge >= 0.3 is 0 Å². The highest BCUT2D eigenvalue weighted by molar-refractivity contribution is 5.81. The Labute approximate surface area is 90.2 Å². The molecule has 0 bridgehead atoms. The molecule has 1 amide bonds. The van der Waals surface area contributed by atoms with Crippen LogP contribution in [0.25, 0.3) is 0 Å². The van der Waals surface area contributed by atoms with Gasteiger partial charge in [0.1, 0.15) is 6.10 Å². The van der Waals surface area contributed by atoms with Crippen LogP contribution >= 0.6 is 0 Å². The quantitative estimate of drug-likeness (QED) is 0.722. The molecule has 2 aliphatic rings. The average molecular weight is 213 g/mol. The molecule has 2 aliphatic heterocycles. The molecule has 86 valence electrons. The first-order chi connectivity index (χ1) is 7.24. The Kier molecular flexibility index (Phi) is 3.26. The smallest absolute Gasteiger partial charge is 0.252 e. The molecule has 1 N–H and O–H groups in total. The summed E-state index contributed by atoms with van der Waals surface area (Å²) in [4.78, 5) is 13.9. The van der Waals surface area contributed by atoms with E-state index in [4.69, 9.17) is 4.74 Å². The van der Waals surface area contributed by atoms with Gasteiger partial charge in [-0.15, -0.1) is 0 Å². The number of hydrogen-bond donors (Lipinski definition) is 1. The van der Waals surface area contributed by atoms with Gasteiger partial charge in [-0.1, -0.05) is 6.92 Å². The molecule has 2 saturated heterocycles. The Hall–Kier alpha value is -0.610. The van der Waals surface area contributed by atoms with Gasteiger partial charge in [-0.3, -0.25) is 4.79 Å². The van der Waals surface area contributed by atoms with Gasteiger partial charge in [0.15, 0.2) is 0 Å². The minimum atomic E-state index is -0.246. The van der Waals surface area contributed by atoms with Crippen molar-refractivity contribution in [3.05, 3.63) is 0 Å². The number of aliphatic hydroxyl groups excluding tert-OH is 1. The van der Waals surface area contributed by atoms with Gasteiger partial charge in [0, 0.05) is 13.2 Å². The van der Waals surface area contributed by atoms with Crippen LogP contribution in [-0.4, -0.2) is 47.8 Å². The van der Waals surface area contributed by atoms with E-state index in [1.807, 2.05) is 0 Å². The SMILES string of the molecule is CC1CCN(C(=O)[C@H]2CCCO2)C1CO. The molecule has 2 fully saturated rings. The number of aliphatic hydroxyl groups is 1. The predicted molar refractivity (Wildman–Crippen MR) is 55.3 cm³/mol. The van der Waals surface area contributed by atoms with Crippen LogP contribution in [0, 0.1) is 5.92 Å². The number of hydrogen-bond acceptors (Lipinski definition) is 3. The molecule has 0 saturated carbocycles. The molecule has 4 nitrogen and oxygen atoms in total. The predicted octanol–water partition coefficient (Wildman–Crippen LogP) is 0.395. The summed E-state index contributed by atoms with van der Waals surface area (Å²) in [6, 6.07) is 0.00157. The fourth-order valence-electron chi connectivity index (χ4n) is 2.52. The van der Waals surface area contributed by atoms with Crippen LogP contribution in [0.5, 0.6) is 0 Å². The Morgan fingerprint density at radius 3 is 2.93 bits per heavy atom. The summed E-state index contributed by atoms with van der Waals surface area (Å²) in [5.41, 5.74) is 0. The number of carbonyl (C=O) groups excluding carboxylic acids is 1. The summed E-state index contributed by atoms with van der Waals surface area (Å²) in [5.74, 6) is 0.483. The Bertz CT molecular complexity index is 238. The summed E-state index contributed by atoms with van der Waals surface area (Å²) in [7, 11) is 0. The molecular weight excluding hydrogens is 194 g/mol. The zero-order valence-corrected chi connectivity index (χ0v) is 9.19. The van der Waals surface area contributed by atoms with Crippen LogP contribution in [0.3, 0.4) is 0 Å². The molecule has 2 rings (SSSR count). The van der Waals surface area contributed by atoms with Crippen molar-refractivity contribution in [2.75, 3.05) is 19.8 Å². The van der Waals surface area contributed by atoms with Crippen molar-refractivity contribution in [3.63, 3.8) is 0 Å². The molecule has 0 radical (unpaired) electrons. The van der Waals surface area contributed by atoms with Gasteiger partial charge in [0.05, 0.1) is 12.6 Å². The number of likely N-dealkylation sites (tertiary alicyclic amines) is 1. The number of ether oxygens (including phenoxy) is 1. The van der Waals surface area contributed by atoms with Crippen molar-refractivity contribution >= 4 is 5.91 Å². The van der Waals surface area contributed by atoms with Crippen molar-refractivity contribution < 1.29 is 14.6 Å². The summed E-state index contributed by atoms with van der Waals surface area (Å²) in [5, 5.41) is 9.26. The highest BCUT2D eigenvalue weighted by Gasteiger charge is 2.38. The molecule has 3 atom stereocenters. The third kappa shape index (κ3) is 2.01. The van der Waals surface area contributed by atoms with Gasteiger partial charge in [-0.05, 0) is 25.2 Å². The molecule has 0 spiro atoms.